The van der Waals surface area contributed by atoms with Crippen LogP contribution in [0.25, 0.3) is 0 Å². The summed E-state index contributed by atoms with van der Waals surface area (Å²) < 4.78 is 4.92. The van der Waals surface area contributed by atoms with E-state index in [-0.39, 0.29) is 12.1 Å². The van der Waals surface area contributed by atoms with E-state index in [4.69, 9.17) is 4.74 Å². The Morgan fingerprint density at radius 3 is 2.78 bits per heavy atom. The van der Waals surface area contributed by atoms with Gasteiger partial charge in [0.15, 0.2) is 0 Å². The molecule has 0 heterocycles. The quantitative estimate of drug-likeness (QED) is 0.534. The van der Waals surface area contributed by atoms with Crippen molar-refractivity contribution in [3.05, 3.63) is 6.92 Å². The summed E-state index contributed by atoms with van der Waals surface area (Å²) in [6.45, 7) is 3.55. The maximum absolute atomic E-state index is 10.6. The molecule has 1 saturated carbocycles. The Morgan fingerprint density at radius 1 is 1.67 bits per heavy atom. The fraction of sp³-hybridized carbons (Fsp3) is 0.714. The minimum absolute atomic E-state index is 0.0903. The zero-order chi connectivity index (χ0) is 6.69. The molecule has 51 valence electrons. The summed E-state index contributed by atoms with van der Waals surface area (Å²) in [6, 6.07) is 0. The molecule has 0 bridgehead atoms. The predicted molar refractivity (Wildman–Crippen MR) is 33.7 cm³/mol. The van der Waals surface area contributed by atoms with Gasteiger partial charge in [-0.25, -0.2) is 0 Å². The molecule has 0 aromatic heterocycles. The fourth-order valence-electron chi connectivity index (χ4n) is 0.575. The van der Waals surface area contributed by atoms with Crippen molar-refractivity contribution in [3.63, 3.8) is 0 Å². The van der Waals surface area contributed by atoms with E-state index >= 15 is 0 Å². The number of carbonyl (C=O) groups is 1. The molecule has 0 atom stereocenters. The van der Waals surface area contributed by atoms with Crippen LogP contribution >= 0.6 is 0 Å². The summed E-state index contributed by atoms with van der Waals surface area (Å²) in [5.74, 6) is -0.0903. The summed E-state index contributed by atoms with van der Waals surface area (Å²) in [5, 5.41) is 0. The van der Waals surface area contributed by atoms with E-state index in [0.29, 0.717) is 12.8 Å². The molecule has 0 aliphatic heterocycles. The van der Waals surface area contributed by atoms with Gasteiger partial charge in [0.2, 0.25) is 0 Å². The molecule has 1 fully saturated rings. The fourth-order valence-corrected chi connectivity index (χ4v) is 0.575. The third-order valence-corrected chi connectivity index (χ3v) is 1.20. The first kappa shape index (κ1) is 6.59. The van der Waals surface area contributed by atoms with E-state index in [1.54, 1.807) is 0 Å². The molecule has 1 rings (SSSR count). The van der Waals surface area contributed by atoms with Crippen LogP contribution in [-0.4, -0.2) is 12.1 Å². The molecule has 1 aliphatic rings. The lowest BCUT2D eigenvalue weighted by molar-refractivity contribution is -0.144. The maximum Gasteiger partial charge on any atom is 0.306 e. The molecule has 0 N–H and O–H groups in total. The predicted octanol–water partition coefficient (Wildman–Crippen LogP) is 1.31. The average molecular weight is 127 g/mol. The Balaban J connectivity index is 2.02. The molecule has 1 aliphatic carbocycles. The van der Waals surface area contributed by atoms with Gasteiger partial charge in [0.25, 0.3) is 0 Å². The topological polar surface area (TPSA) is 26.3 Å². The van der Waals surface area contributed by atoms with E-state index in [2.05, 4.69) is 6.92 Å². The molecule has 0 saturated heterocycles. The van der Waals surface area contributed by atoms with Gasteiger partial charge in [-0.15, -0.1) is 0 Å². The van der Waals surface area contributed by atoms with Gasteiger partial charge < -0.3 is 4.74 Å². The highest BCUT2D eigenvalue weighted by Crippen LogP contribution is 2.23. The number of carbonyl (C=O) groups excluding carboxylic acids is 1. The van der Waals surface area contributed by atoms with E-state index in [0.717, 1.165) is 12.8 Å². The molecular formula is C7H11O2. The zero-order valence-electron chi connectivity index (χ0n) is 5.43. The maximum atomic E-state index is 10.6. The second-order valence-corrected chi connectivity index (χ2v) is 2.29. The molecule has 0 unspecified atom stereocenters. The van der Waals surface area contributed by atoms with Crippen LogP contribution in [0.2, 0.25) is 0 Å². The molecule has 0 amide bonds. The Hall–Kier alpha value is -0.530. The van der Waals surface area contributed by atoms with Crippen LogP contribution in [-0.2, 0) is 9.53 Å². The van der Waals surface area contributed by atoms with Crippen LogP contribution in [0, 0.1) is 6.92 Å². The molecule has 0 aromatic rings. The van der Waals surface area contributed by atoms with Crippen molar-refractivity contribution in [1.29, 1.82) is 0 Å². The summed E-state index contributed by atoms with van der Waals surface area (Å²) in [7, 11) is 0. The van der Waals surface area contributed by atoms with Crippen molar-refractivity contribution < 1.29 is 9.53 Å². The highest BCUT2D eigenvalue weighted by molar-refractivity contribution is 5.69. The van der Waals surface area contributed by atoms with Gasteiger partial charge in [-0.2, -0.15) is 0 Å². The second-order valence-electron chi connectivity index (χ2n) is 2.29. The summed E-state index contributed by atoms with van der Waals surface area (Å²) in [5.41, 5.74) is 0. The van der Waals surface area contributed by atoms with E-state index in [1.807, 2.05) is 0 Å². The van der Waals surface area contributed by atoms with Crippen LogP contribution < -0.4 is 0 Å². The molecule has 9 heavy (non-hydrogen) atoms. The van der Waals surface area contributed by atoms with E-state index in [9.17, 15) is 4.79 Å². The standard InChI is InChI=1S/C7H11O2/c1-2-3-7(8)9-6-4-5-6/h6H,1-5H2. The lowest BCUT2D eigenvalue weighted by atomic mass is 10.3. The molecule has 1 radical (unpaired) electrons. The lowest BCUT2D eigenvalue weighted by Crippen LogP contribution is -2.04. The van der Waals surface area contributed by atoms with Gasteiger partial charge in [0, 0.05) is 6.42 Å². The number of hydrogen-bond donors (Lipinski definition) is 0. The van der Waals surface area contributed by atoms with Gasteiger partial charge in [-0.3, -0.25) is 4.79 Å². The largest absolute Gasteiger partial charge is 0.462 e. The molecule has 0 spiro atoms. The van der Waals surface area contributed by atoms with E-state index in [1.165, 1.54) is 0 Å². The monoisotopic (exact) mass is 127 g/mol. The average Bonchev–Trinajstić information content (AvgIpc) is 2.50. The second kappa shape index (κ2) is 2.85. The van der Waals surface area contributed by atoms with Crippen LogP contribution in [0.4, 0.5) is 0 Å². The van der Waals surface area contributed by atoms with Gasteiger partial charge in [-0.1, -0.05) is 6.92 Å². The number of hydrogen-bond acceptors (Lipinski definition) is 2. The summed E-state index contributed by atoms with van der Waals surface area (Å²) in [6.07, 6.45) is 3.48. The Morgan fingerprint density at radius 2 is 2.33 bits per heavy atom. The molecular weight excluding hydrogens is 116 g/mol. The zero-order valence-corrected chi connectivity index (χ0v) is 5.43. The third kappa shape index (κ3) is 2.49. The summed E-state index contributed by atoms with van der Waals surface area (Å²) >= 11 is 0. The SMILES string of the molecule is [CH2]CCC(=O)OC1CC1. The Kier molecular flexibility index (Phi) is 2.09. The van der Waals surface area contributed by atoms with Crippen molar-refractivity contribution in [2.24, 2.45) is 0 Å². The van der Waals surface area contributed by atoms with Crippen LogP contribution in [0.1, 0.15) is 25.7 Å². The number of ether oxygens (including phenoxy) is 1. The smallest absolute Gasteiger partial charge is 0.306 e. The first-order chi connectivity index (χ1) is 4.33. The van der Waals surface area contributed by atoms with Gasteiger partial charge in [0.05, 0.1) is 0 Å². The van der Waals surface area contributed by atoms with Crippen molar-refractivity contribution in [2.75, 3.05) is 0 Å². The molecule has 2 nitrogen and oxygen atoms in total. The van der Waals surface area contributed by atoms with Crippen molar-refractivity contribution in [1.82, 2.24) is 0 Å². The van der Waals surface area contributed by atoms with Crippen molar-refractivity contribution in [2.45, 2.75) is 31.8 Å². The van der Waals surface area contributed by atoms with Crippen LogP contribution in [0.3, 0.4) is 0 Å². The highest BCUT2D eigenvalue weighted by atomic mass is 16.5. The van der Waals surface area contributed by atoms with Crippen molar-refractivity contribution >= 4 is 5.97 Å². The molecule has 2 heteroatoms. The first-order valence-electron chi connectivity index (χ1n) is 3.31. The van der Waals surface area contributed by atoms with Crippen molar-refractivity contribution in [3.8, 4) is 0 Å². The van der Waals surface area contributed by atoms with Gasteiger partial charge in [0.1, 0.15) is 6.10 Å². The van der Waals surface area contributed by atoms with E-state index < -0.39 is 0 Å². The number of rotatable bonds is 3. The molecule has 0 aromatic carbocycles. The first-order valence-corrected chi connectivity index (χ1v) is 3.31. The Labute approximate surface area is 55.2 Å². The number of esters is 1. The van der Waals surface area contributed by atoms with Gasteiger partial charge >= 0.3 is 5.97 Å². The third-order valence-electron chi connectivity index (χ3n) is 1.20. The van der Waals surface area contributed by atoms with Gasteiger partial charge in [-0.05, 0) is 19.3 Å². The normalized spacial score (nSPS) is 17.4. The van der Waals surface area contributed by atoms with Crippen LogP contribution in [0.5, 0.6) is 0 Å². The minimum atomic E-state index is -0.0903. The van der Waals surface area contributed by atoms with Crippen LogP contribution in [0.15, 0.2) is 0 Å². The summed E-state index contributed by atoms with van der Waals surface area (Å²) in [4.78, 5) is 10.6. The minimum Gasteiger partial charge on any atom is -0.462 e. The lowest BCUT2D eigenvalue weighted by Gasteiger charge is -1.98. The Bertz CT molecular complexity index is 105. The highest BCUT2D eigenvalue weighted by Gasteiger charge is 2.25.